The minimum Gasteiger partial charge on any atom is -0.384 e. The first kappa shape index (κ1) is 22.7. The van der Waals surface area contributed by atoms with Crippen LogP contribution in [0.2, 0.25) is 0 Å². The number of nitrogens with one attached hydrogen (secondary N) is 2. The molecule has 4 heterocycles. The molecule has 1 saturated carbocycles. The highest BCUT2D eigenvalue weighted by Gasteiger charge is 2.46. The summed E-state index contributed by atoms with van der Waals surface area (Å²) in [7, 11) is 0. The molecule has 1 spiro atoms. The highest BCUT2D eigenvalue weighted by atomic mass is 16.3. The highest BCUT2D eigenvalue weighted by Crippen LogP contribution is 2.50. The fourth-order valence-corrected chi connectivity index (χ4v) is 5.28. The molecule has 8 nitrogen and oxygen atoms in total. The zero-order valence-corrected chi connectivity index (χ0v) is 20.6. The molecule has 1 fully saturated rings. The Labute approximate surface area is 209 Å². The Morgan fingerprint density at radius 1 is 1.22 bits per heavy atom. The Hall–Kier alpha value is -3.75. The van der Waals surface area contributed by atoms with Crippen LogP contribution >= 0.6 is 0 Å². The summed E-state index contributed by atoms with van der Waals surface area (Å²) < 4.78 is 3.46. The van der Waals surface area contributed by atoms with Crippen LogP contribution in [0.4, 0.5) is 11.5 Å². The first-order valence-electron chi connectivity index (χ1n) is 12.3. The van der Waals surface area contributed by atoms with Crippen molar-refractivity contribution in [2.24, 2.45) is 0 Å². The zero-order valence-electron chi connectivity index (χ0n) is 20.6. The van der Waals surface area contributed by atoms with Crippen molar-refractivity contribution in [3.05, 3.63) is 88.6 Å². The van der Waals surface area contributed by atoms with E-state index in [1.165, 1.54) is 24.0 Å². The number of anilines is 2. The van der Waals surface area contributed by atoms with Gasteiger partial charge in [-0.05, 0) is 62.1 Å². The number of pyridine rings is 2. The monoisotopic (exact) mass is 482 g/mol. The molecule has 1 aliphatic carbocycles. The van der Waals surface area contributed by atoms with Crippen LogP contribution < -0.4 is 16.2 Å². The van der Waals surface area contributed by atoms with Crippen molar-refractivity contribution < 1.29 is 5.11 Å². The average molecular weight is 483 g/mol. The van der Waals surface area contributed by atoms with Crippen LogP contribution in [0.15, 0.2) is 66.2 Å². The molecule has 36 heavy (non-hydrogen) atoms. The average Bonchev–Trinajstić information content (AvgIpc) is 3.57. The first-order valence-corrected chi connectivity index (χ1v) is 12.3. The Balaban J connectivity index is 1.43. The lowest BCUT2D eigenvalue weighted by Crippen LogP contribution is -2.33. The smallest absolute Gasteiger partial charge is 0.276 e. The predicted octanol–water partition coefficient (Wildman–Crippen LogP) is 3.87. The van der Waals surface area contributed by atoms with Crippen LogP contribution in [0.3, 0.4) is 0 Å². The summed E-state index contributed by atoms with van der Waals surface area (Å²) in [6.45, 7) is 9.47. The van der Waals surface area contributed by atoms with Gasteiger partial charge in [0, 0.05) is 42.7 Å². The summed E-state index contributed by atoms with van der Waals surface area (Å²) in [4.78, 5) is 22.1. The number of allylic oxidation sites excluding steroid dienone is 1. The van der Waals surface area contributed by atoms with E-state index in [1.54, 1.807) is 43.1 Å². The number of aromatic nitrogens is 4. The van der Waals surface area contributed by atoms with E-state index in [0.717, 1.165) is 24.5 Å². The van der Waals surface area contributed by atoms with Crippen LogP contribution in [0.25, 0.3) is 16.6 Å². The maximum Gasteiger partial charge on any atom is 0.276 e. The van der Waals surface area contributed by atoms with Gasteiger partial charge in [0.1, 0.15) is 11.4 Å². The SMILES string of the molecule is C=CCn1c(=O)c2cnc(Nc3ccc4c(c3)CNCC43CC3)cc2n1-c1ccnc(C(C)(C)O)c1. The molecule has 3 N–H and O–H groups in total. The van der Waals surface area contributed by atoms with Crippen molar-refractivity contribution in [3.63, 3.8) is 0 Å². The van der Waals surface area contributed by atoms with Crippen molar-refractivity contribution in [1.29, 1.82) is 0 Å². The molecule has 2 aliphatic rings. The van der Waals surface area contributed by atoms with E-state index in [2.05, 4.69) is 45.4 Å². The van der Waals surface area contributed by atoms with Crippen LogP contribution in [-0.2, 0) is 24.1 Å². The highest BCUT2D eigenvalue weighted by molar-refractivity contribution is 5.83. The molecule has 4 aromatic rings. The van der Waals surface area contributed by atoms with Crippen LogP contribution in [0, 0.1) is 0 Å². The van der Waals surface area contributed by atoms with Gasteiger partial charge in [0.05, 0.1) is 28.8 Å². The summed E-state index contributed by atoms with van der Waals surface area (Å²) in [5, 5.41) is 18.0. The molecule has 1 aromatic carbocycles. The van der Waals surface area contributed by atoms with E-state index in [9.17, 15) is 9.90 Å². The van der Waals surface area contributed by atoms with Gasteiger partial charge in [-0.2, -0.15) is 0 Å². The third-order valence-corrected chi connectivity index (χ3v) is 7.31. The molecule has 3 aromatic heterocycles. The van der Waals surface area contributed by atoms with Gasteiger partial charge < -0.3 is 15.7 Å². The lowest BCUT2D eigenvalue weighted by atomic mass is 9.88. The van der Waals surface area contributed by atoms with E-state index < -0.39 is 5.60 Å². The maximum atomic E-state index is 13.3. The zero-order chi connectivity index (χ0) is 25.1. The number of hydrogen-bond acceptors (Lipinski definition) is 6. The van der Waals surface area contributed by atoms with Gasteiger partial charge in [-0.1, -0.05) is 12.1 Å². The second-order valence-electron chi connectivity index (χ2n) is 10.4. The van der Waals surface area contributed by atoms with Gasteiger partial charge in [0.25, 0.3) is 5.56 Å². The molecule has 0 unspecified atom stereocenters. The summed E-state index contributed by atoms with van der Waals surface area (Å²) in [5.41, 5.74) is 4.78. The van der Waals surface area contributed by atoms with Gasteiger partial charge in [-0.3, -0.25) is 9.78 Å². The molecule has 0 bridgehead atoms. The standard InChI is InChI=1S/C28H30N6O2/c1-4-11-33-26(35)21-16-31-25(14-23(21)34(33)20-7-10-30-24(13-20)27(2,3)36)32-19-5-6-22-18(12-19)15-29-17-28(22)8-9-28/h4-7,10,12-14,16,29,36H,1,8-9,11,15,17H2,2-3H3,(H,31,32). The number of aliphatic hydroxyl groups is 1. The van der Waals surface area contributed by atoms with Crippen molar-refractivity contribution in [2.75, 3.05) is 11.9 Å². The van der Waals surface area contributed by atoms with Gasteiger partial charge in [0.15, 0.2) is 0 Å². The lowest BCUT2D eigenvalue weighted by Gasteiger charge is -2.26. The molecule has 0 atom stereocenters. The van der Waals surface area contributed by atoms with E-state index in [-0.39, 0.29) is 5.56 Å². The first-order chi connectivity index (χ1) is 17.3. The third-order valence-electron chi connectivity index (χ3n) is 7.31. The Kier molecular flexibility index (Phi) is 5.14. The lowest BCUT2D eigenvalue weighted by molar-refractivity contribution is 0.0738. The molecular weight excluding hydrogens is 452 g/mol. The topological polar surface area (TPSA) is 97.0 Å². The molecular formula is C28H30N6O2. The number of hydrogen-bond donors (Lipinski definition) is 3. The minimum absolute atomic E-state index is 0.153. The molecule has 6 rings (SSSR count). The molecule has 8 heteroatoms. The largest absolute Gasteiger partial charge is 0.384 e. The van der Waals surface area contributed by atoms with Gasteiger partial charge in [0.2, 0.25) is 0 Å². The van der Waals surface area contributed by atoms with Gasteiger partial charge in [-0.15, -0.1) is 6.58 Å². The quantitative estimate of drug-likeness (QED) is 0.361. The van der Waals surface area contributed by atoms with Crippen molar-refractivity contribution in [3.8, 4) is 5.69 Å². The molecule has 1 aliphatic heterocycles. The van der Waals surface area contributed by atoms with Crippen LogP contribution in [0.1, 0.15) is 43.5 Å². The Morgan fingerprint density at radius 3 is 2.81 bits per heavy atom. The predicted molar refractivity (Wildman–Crippen MR) is 141 cm³/mol. The number of nitrogens with zero attached hydrogens (tertiary/aromatic N) is 4. The molecule has 0 radical (unpaired) electrons. The summed E-state index contributed by atoms with van der Waals surface area (Å²) in [5.74, 6) is 0.647. The van der Waals surface area contributed by atoms with E-state index in [1.807, 2.05) is 16.8 Å². The normalized spacial score (nSPS) is 16.2. The maximum absolute atomic E-state index is 13.3. The van der Waals surface area contributed by atoms with Crippen LogP contribution in [0.5, 0.6) is 0 Å². The molecule has 0 saturated heterocycles. The Morgan fingerprint density at radius 2 is 2.06 bits per heavy atom. The van der Waals surface area contributed by atoms with Gasteiger partial charge in [-0.25, -0.2) is 14.3 Å². The van der Waals surface area contributed by atoms with E-state index >= 15 is 0 Å². The third kappa shape index (κ3) is 3.73. The van der Waals surface area contributed by atoms with Crippen molar-refractivity contribution in [2.45, 2.75) is 50.8 Å². The van der Waals surface area contributed by atoms with Crippen molar-refractivity contribution >= 4 is 22.4 Å². The van der Waals surface area contributed by atoms with E-state index in [4.69, 9.17) is 0 Å². The Bertz CT molecular complexity index is 1550. The van der Waals surface area contributed by atoms with Crippen LogP contribution in [-0.4, -0.2) is 31.0 Å². The van der Waals surface area contributed by atoms with E-state index in [0.29, 0.717) is 34.4 Å². The fraction of sp³-hybridized carbons (Fsp3) is 0.321. The fourth-order valence-electron chi connectivity index (χ4n) is 5.28. The molecule has 184 valence electrons. The second kappa shape index (κ2) is 8.15. The van der Waals surface area contributed by atoms with Gasteiger partial charge >= 0.3 is 0 Å². The summed E-state index contributed by atoms with van der Waals surface area (Å²) in [6, 6.07) is 12.1. The number of benzene rings is 1. The second-order valence-corrected chi connectivity index (χ2v) is 10.4. The van der Waals surface area contributed by atoms with Crippen molar-refractivity contribution in [1.82, 2.24) is 24.6 Å². The molecule has 0 amide bonds. The number of rotatable bonds is 6. The number of fused-ring (bicyclic) bond motifs is 3. The minimum atomic E-state index is -1.11. The summed E-state index contributed by atoms with van der Waals surface area (Å²) in [6.07, 6.45) is 7.46. The summed E-state index contributed by atoms with van der Waals surface area (Å²) >= 11 is 0.